The first kappa shape index (κ1) is 22.6. The Morgan fingerprint density at radius 3 is 2.58 bits per heavy atom. The van der Waals surface area contributed by atoms with Crippen LogP contribution in [0.2, 0.25) is 0 Å². The lowest BCUT2D eigenvalue weighted by Crippen LogP contribution is -2.30. The quantitative estimate of drug-likeness (QED) is 0.183. The maximum absolute atomic E-state index is 13.2. The van der Waals surface area contributed by atoms with Gasteiger partial charge in [-0.3, -0.25) is 19.8 Å². The molecule has 0 bridgehead atoms. The minimum atomic E-state index is -0.443. The van der Waals surface area contributed by atoms with Crippen molar-refractivity contribution in [2.45, 2.75) is 6.61 Å². The fourth-order valence-electron chi connectivity index (χ4n) is 3.39. The number of halogens is 1. The molecule has 7 nitrogen and oxygen atoms in total. The van der Waals surface area contributed by atoms with E-state index < -0.39 is 4.92 Å². The summed E-state index contributed by atoms with van der Waals surface area (Å²) in [6.07, 6.45) is 1.73. The lowest BCUT2D eigenvalue weighted by molar-refractivity contribution is -0.384. The minimum absolute atomic E-state index is 0.00180. The van der Waals surface area contributed by atoms with Crippen LogP contribution in [-0.2, 0) is 11.4 Å². The summed E-state index contributed by atoms with van der Waals surface area (Å²) >= 11 is 8.98. The van der Waals surface area contributed by atoms with E-state index in [0.29, 0.717) is 33.4 Å². The Kier molecular flexibility index (Phi) is 6.52. The second-order valence-corrected chi connectivity index (χ2v) is 8.53. The molecule has 1 saturated heterocycles. The van der Waals surface area contributed by atoms with Gasteiger partial charge in [-0.1, -0.05) is 46.3 Å². The van der Waals surface area contributed by atoms with Crippen molar-refractivity contribution < 1.29 is 14.5 Å². The van der Waals surface area contributed by atoms with Crippen molar-refractivity contribution in [2.24, 2.45) is 0 Å². The monoisotopic (exact) mass is 523 g/mol. The van der Waals surface area contributed by atoms with E-state index in [1.165, 1.54) is 17.0 Å². The number of likely N-dealkylation sites (N-methyl/N-ethyl adjacent to an activating group) is 1. The SMILES string of the molecule is CN1C(=S)N(c2ccccc2)C(=O)/C1=C/c1cc(Br)ccc1OCc1cccc([N+](=O)[O-])c1. The normalized spacial score (nSPS) is 14.8. The highest BCUT2D eigenvalue weighted by Gasteiger charge is 2.36. The van der Waals surface area contributed by atoms with Crippen molar-refractivity contribution in [3.63, 3.8) is 0 Å². The summed E-state index contributed by atoms with van der Waals surface area (Å²) in [5, 5.41) is 11.4. The number of anilines is 1. The Morgan fingerprint density at radius 2 is 1.85 bits per heavy atom. The Hall–Kier alpha value is -3.56. The molecule has 166 valence electrons. The number of rotatable bonds is 6. The minimum Gasteiger partial charge on any atom is -0.488 e. The van der Waals surface area contributed by atoms with E-state index in [2.05, 4.69) is 15.9 Å². The van der Waals surface area contributed by atoms with E-state index in [9.17, 15) is 14.9 Å². The van der Waals surface area contributed by atoms with Crippen LogP contribution in [-0.4, -0.2) is 27.9 Å². The zero-order valence-corrected chi connectivity index (χ0v) is 19.9. The van der Waals surface area contributed by atoms with Crippen LogP contribution < -0.4 is 9.64 Å². The fourth-order valence-corrected chi connectivity index (χ4v) is 4.06. The van der Waals surface area contributed by atoms with Gasteiger partial charge in [0.2, 0.25) is 0 Å². The van der Waals surface area contributed by atoms with Gasteiger partial charge in [0.05, 0.1) is 10.6 Å². The molecule has 33 heavy (non-hydrogen) atoms. The third-order valence-corrected chi connectivity index (χ3v) is 6.01. The number of benzene rings is 3. The molecule has 3 aromatic carbocycles. The molecule has 0 saturated carbocycles. The van der Waals surface area contributed by atoms with Gasteiger partial charge in [-0.05, 0) is 54.2 Å². The van der Waals surface area contributed by atoms with Crippen LogP contribution in [0.3, 0.4) is 0 Å². The van der Waals surface area contributed by atoms with Crippen LogP contribution in [0.5, 0.6) is 5.75 Å². The van der Waals surface area contributed by atoms with Gasteiger partial charge in [0.15, 0.2) is 5.11 Å². The summed E-state index contributed by atoms with van der Waals surface area (Å²) in [5.74, 6) is 0.292. The van der Waals surface area contributed by atoms with Crippen LogP contribution in [0.1, 0.15) is 11.1 Å². The molecule has 0 spiro atoms. The van der Waals surface area contributed by atoms with Gasteiger partial charge in [0, 0.05) is 29.2 Å². The van der Waals surface area contributed by atoms with Crippen LogP contribution in [0.25, 0.3) is 6.08 Å². The summed E-state index contributed by atoms with van der Waals surface area (Å²) in [5.41, 5.74) is 2.43. The molecule has 1 heterocycles. The highest BCUT2D eigenvalue weighted by atomic mass is 79.9. The van der Waals surface area contributed by atoms with Gasteiger partial charge in [0.25, 0.3) is 11.6 Å². The van der Waals surface area contributed by atoms with Gasteiger partial charge in [-0.25, -0.2) is 0 Å². The number of para-hydroxylation sites is 1. The smallest absolute Gasteiger partial charge is 0.281 e. The molecule has 1 aliphatic heterocycles. The Morgan fingerprint density at radius 1 is 1.09 bits per heavy atom. The predicted octanol–water partition coefficient (Wildman–Crippen LogP) is 5.54. The highest BCUT2D eigenvalue weighted by molar-refractivity contribution is 9.10. The van der Waals surface area contributed by atoms with Gasteiger partial charge in [-0.2, -0.15) is 0 Å². The van der Waals surface area contributed by atoms with E-state index in [1.54, 1.807) is 36.2 Å². The second kappa shape index (κ2) is 9.51. The van der Waals surface area contributed by atoms with Crippen molar-refractivity contribution >= 4 is 56.6 Å². The van der Waals surface area contributed by atoms with Crippen molar-refractivity contribution in [2.75, 3.05) is 11.9 Å². The average molecular weight is 524 g/mol. The molecule has 1 aliphatic rings. The number of hydrogen-bond acceptors (Lipinski definition) is 5. The standard InChI is InChI=1S/C24H18BrN3O4S/c1-26-21(23(29)27(24(26)33)19-7-3-2-4-8-19)14-17-13-18(25)10-11-22(17)32-15-16-6-5-9-20(12-16)28(30)31/h2-14H,15H2,1H3/b21-14-. The number of thiocarbonyl (C=S) groups is 1. The van der Waals surface area contributed by atoms with Crippen molar-refractivity contribution in [1.29, 1.82) is 0 Å². The summed E-state index contributed by atoms with van der Waals surface area (Å²) in [6, 6.07) is 20.9. The molecule has 0 radical (unpaired) electrons. The first-order valence-corrected chi connectivity index (χ1v) is 11.1. The molecule has 0 unspecified atom stereocenters. The molecule has 0 aliphatic carbocycles. The van der Waals surface area contributed by atoms with Crippen molar-refractivity contribution in [3.8, 4) is 5.75 Å². The van der Waals surface area contributed by atoms with E-state index in [1.807, 2.05) is 42.5 Å². The number of non-ortho nitro benzene ring substituents is 1. The number of carbonyl (C=O) groups is 1. The Balaban J connectivity index is 1.63. The van der Waals surface area contributed by atoms with Gasteiger partial charge >= 0.3 is 0 Å². The third-order valence-electron chi connectivity index (χ3n) is 5.06. The van der Waals surface area contributed by atoms with Crippen LogP contribution in [0.4, 0.5) is 11.4 Å². The van der Waals surface area contributed by atoms with E-state index in [-0.39, 0.29) is 18.2 Å². The number of ether oxygens (including phenoxy) is 1. The molecule has 0 aromatic heterocycles. The zero-order valence-electron chi connectivity index (χ0n) is 17.5. The maximum atomic E-state index is 13.2. The molecule has 4 rings (SSSR count). The number of nitro groups is 1. The van der Waals surface area contributed by atoms with E-state index in [0.717, 1.165) is 4.47 Å². The van der Waals surface area contributed by atoms with E-state index in [4.69, 9.17) is 17.0 Å². The lowest BCUT2D eigenvalue weighted by atomic mass is 10.1. The molecule has 0 atom stereocenters. The highest BCUT2D eigenvalue weighted by Crippen LogP contribution is 2.31. The fraction of sp³-hybridized carbons (Fsp3) is 0.0833. The van der Waals surface area contributed by atoms with Crippen molar-refractivity contribution in [3.05, 3.63) is 104 Å². The maximum Gasteiger partial charge on any atom is 0.281 e. The second-order valence-electron chi connectivity index (χ2n) is 7.25. The summed E-state index contributed by atoms with van der Waals surface area (Å²) in [6.45, 7) is 0.137. The number of nitro benzene ring substituents is 1. The molecule has 1 amide bonds. The summed E-state index contributed by atoms with van der Waals surface area (Å²) in [7, 11) is 1.75. The van der Waals surface area contributed by atoms with Gasteiger partial charge in [0.1, 0.15) is 18.1 Å². The van der Waals surface area contributed by atoms with E-state index >= 15 is 0 Å². The molecule has 3 aromatic rings. The molecular weight excluding hydrogens is 506 g/mol. The number of amides is 1. The molecular formula is C24H18BrN3O4S. The van der Waals surface area contributed by atoms with Crippen molar-refractivity contribution in [1.82, 2.24) is 4.90 Å². The lowest BCUT2D eigenvalue weighted by Gasteiger charge is -2.16. The number of nitrogens with zero attached hydrogens (tertiary/aromatic N) is 3. The van der Waals surface area contributed by atoms with Crippen LogP contribution >= 0.6 is 28.1 Å². The molecule has 1 fully saturated rings. The number of carbonyl (C=O) groups excluding carboxylic acids is 1. The largest absolute Gasteiger partial charge is 0.488 e. The predicted molar refractivity (Wildman–Crippen MR) is 134 cm³/mol. The average Bonchev–Trinajstić information content (AvgIpc) is 3.02. The Labute approximate surface area is 204 Å². The van der Waals surface area contributed by atoms with Gasteiger partial charge < -0.3 is 9.64 Å². The van der Waals surface area contributed by atoms with Crippen LogP contribution in [0.15, 0.2) is 83.0 Å². The number of hydrogen-bond donors (Lipinski definition) is 0. The molecule has 0 N–H and O–H groups in total. The Bertz CT molecular complexity index is 1280. The topological polar surface area (TPSA) is 75.9 Å². The van der Waals surface area contributed by atoms with Crippen LogP contribution in [0, 0.1) is 10.1 Å². The molecule has 9 heteroatoms. The summed E-state index contributed by atoms with van der Waals surface area (Å²) < 4.78 is 6.78. The first-order chi connectivity index (χ1) is 15.8. The third kappa shape index (κ3) is 4.79. The summed E-state index contributed by atoms with van der Waals surface area (Å²) in [4.78, 5) is 27.0. The zero-order chi connectivity index (χ0) is 23.5. The van der Waals surface area contributed by atoms with Gasteiger partial charge in [-0.15, -0.1) is 0 Å². The first-order valence-electron chi connectivity index (χ1n) is 9.90.